The average Bonchev–Trinajstić information content (AvgIpc) is 2.79. The van der Waals surface area contributed by atoms with Crippen LogP contribution < -0.4 is 0 Å². The van der Waals surface area contributed by atoms with E-state index in [0.717, 1.165) is 12.8 Å². The molecule has 0 radical (unpaired) electrons. The Morgan fingerprint density at radius 2 is 2.00 bits per heavy atom. The summed E-state index contributed by atoms with van der Waals surface area (Å²) >= 11 is 5.60. The second kappa shape index (κ2) is 4.81. The number of alkyl halides is 1. The quantitative estimate of drug-likeness (QED) is 0.662. The first-order chi connectivity index (χ1) is 6.47. The van der Waals surface area contributed by atoms with E-state index in [-0.39, 0.29) is 17.7 Å². The van der Waals surface area contributed by atoms with E-state index in [9.17, 15) is 8.42 Å². The summed E-state index contributed by atoms with van der Waals surface area (Å²) in [7, 11) is -3.07. The number of rotatable bonds is 6. The number of sulfonamides is 1. The molecule has 0 amide bonds. The van der Waals surface area contributed by atoms with Crippen LogP contribution in [0, 0.1) is 5.92 Å². The van der Waals surface area contributed by atoms with Gasteiger partial charge in [0.15, 0.2) is 0 Å². The van der Waals surface area contributed by atoms with E-state index >= 15 is 0 Å². The number of hydrogen-bond donors (Lipinski definition) is 0. The molecule has 1 aliphatic rings. The lowest BCUT2D eigenvalue weighted by molar-refractivity contribution is 0.418. The summed E-state index contributed by atoms with van der Waals surface area (Å²) in [5.74, 6) is 0.797. The molecule has 1 rings (SSSR count). The Balaban J connectivity index is 2.65. The molecule has 0 atom stereocenters. The smallest absolute Gasteiger partial charge is 0.212 e. The first-order valence-electron chi connectivity index (χ1n) is 5.03. The van der Waals surface area contributed by atoms with Gasteiger partial charge in [-0.15, -0.1) is 11.6 Å². The third-order valence-electron chi connectivity index (χ3n) is 2.16. The summed E-state index contributed by atoms with van der Waals surface area (Å²) in [6.45, 7) is 4.30. The summed E-state index contributed by atoms with van der Waals surface area (Å²) in [6.07, 6.45) is 1.99. The number of halogens is 1. The van der Waals surface area contributed by atoms with E-state index in [1.54, 1.807) is 4.31 Å². The molecule has 0 N–H and O–H groups in total. The fourth-order valence-electron chi connectivity index (χ4n) is 1.51. The van der Waals surface area contributed by atoms with Gasteiger partial charge in [0.1, 0.15) is 0 Å². The zero-order valence-corrected chi connectivity index (χ0v) is 10.3. The Morgan fingerprint density at radius 3 is 2.36 bits per heavy atom. The largest absolute Gasteiger partial charge is 0.214 e. The fourth-order valence-corrected chi connectivity index (χ4v) is 3.86. The zero-order chi connectivity index (χ0) is 10.8. The minimum absolute atomic E-state index is 0.177. The van der Waals surface area contributed by atoms with Crippen molar-refractivity contribution >= 4 is 21.6 Å². The van der Waals surface area contributed by atoms with Crippen LogP contribution in [0.25, 0.3) is 0 Å². The number of nitrogens with zero attached hydrogens (tertiary/aromatic N) is 1. The molecule has 1 saturated carbocycles. The van der Waals surface area contributed by atoms with Crippen LogP contribution in [0.1, 0.15) is 26.7 Å². The van der Waals surface area contributed by atoms with Crippen molar-refractivity contribution < 1.29 is 8.42 Å². The van der Waals surface area contributed by atoms with Crippen molar-refractivity contribution in [1.29, 1.82) is 0 Å². The first kappa shape index (κ1) is 12.3. The highest BCUT2D eigenvalue weighted by molar-refractivity contribution is 7.89. The van der Waals surface area contributed by atoms with Crippen molar-refractivity contribution in [2.75, 3.05) is 18.2 Å². The van der Waals surface area contributed by atoms with Crippen LogP contribution in [0.5, 0.6) is 0 Å². The Morgan fingerprint density at radius 1 is 1.43 bits per heavy atom. The maximum atomic E-state index is 11.9. The second-order valence-corrected chi connectivity index (χ2v) is 6.55. The lowest BCUT2D eigenvalue weighted by Crippen LogP contribution is -2.37. The molecule has 0 aromatic heterocycles. The van der Waals surface area contributed by atoms with Gasteiger partial charge in [-0.2, -0.15) is 4.31 Å². The number of hydrogen-bond acceptors (Lipinski definition) is 2. The molecule has 1 aliphatic carbocycles. The van der Waals surface area contributed by atoms with Crippen molar-refractivity contribution in [2.45, 2.75) is 32.7 Å². The Hall–Kier alpha value is 0.200. The minimum atomic E-state index is -3.07. The van der Waals surface area contributed by atoms with Crippen molar-refractivity contribution in [3.63, 3.8) is 0 Å². The van der Waals surface area contributed by atoms with Gasteiger partial charge in [0.25, 0.3) is 0 Å². The maximum absolute atomic E-state index is 11.9. The SMILES string of the molecule is CC(C)CS(=O)(=O)N(CCCl)C1CC1. The molecule has 0 spiro atoms. The lowest BCUT2D eigenvalue weighted by Gasteiger charge is -2.21. The predicted octanol–water partition coefficient (Wildman–Crippen LogP) is 1.68. The van der Waals surface area contributed by atoms with Crippen LogP contribution in [0.2, 0.25) is 0 Å². The zero-order valence-electron chi connectivity index (χ0n) is 8.74. The molecule has 0 aliphatic heterocycles. The van der Waals surface area contributed by atoms with Gasteiger partial charge in [-0.1, -0.05) is 13.8 Å². The van der Waals surface area contributed by atoms with Crippen molar-refractivity contribution in [1.82, 2.24) is 4.31 Å². The summed E-state index contributed by atoms with van der Waals surface area (Å²) in [6, 6.07) is 0.234. The molecule has 3 nitrogen and oxygen atoms in total. The third kappa shape index (κ3) is 3.41. The van der Waals surface area contributed by atoms with E-state index in [0.29, 0.717) is 12.4 Å². The second-order valence-electron chi connectivity index (χ2n) is 4.20. The van der Waals surface area contributed by atoms with Gasteiger partial charge in [0.2, 0.25) is 10.0 Å². The molecule has 0 saturated heterocycles. The van der Waals surface area contributed by atoms with Crippen LogP contribution in [-0.4, -0.2) is 36.9 Å². The molecule has 5 heteroatoms. The van der Waals surface area contributed by atoms with E-state index in [2.05, 4.69) is 0 Å². The molecule has 84 valence electrons. The minimum Gasteiger partial charge on any atom is -0.212 e. The van der Waals surface area contributed by atoms with Crippen LogP contribution in [0.4, 0.5) is 0 Å². The molecular formula is C9H18ClNO2S. The summed E-state index contributed by atoms with van der Waals surface area (Å²) in [4.78, 5) is 0. The van der Waals surface area contributed by atoms with Gasteiger partial charge in [-0.3, -0.25) is 0 Å². The van der Waals surface area contributed by atoms with Crippen molar-refractivity contribution in [2.24, 2.45) is 5.92 Å². The monoisotopic (exact) mass is 239 g/mol. The lowest BCUT2D eigenvalue weighted by atomic mass is 10.3. The topological polar surface area (TPSA) is 37.4 Å². The van der Waals surface area contributed by atoms with E-state index in [4.69, 9.17) is 11.6 Å². The van der Waals surface area contributed by atoms with E-state index < -0.39 is 10.0 Å². The molecular weight excluding hydrogens is 222 g/mol. The van der Waals surface area contributed by atoms with Crippen LogP contribution >= 0.6 is 11.6 Å². The van der Waals surface area contributed by atoms with Gasteiger partial charge in [-0.05, 0) is 18.8 Å². The maximum Gasteiger partial charge on any atom is 0.214 e. The summed E-state index contributed by atoms with van der Waals surface area (Å²) < 4.78 is 25.3. The summed E-state index contributed by atoms with van der Waals surface area (Å²) in [5, 5.41) is 0. The highest BCUT2D eigenvalue weighted by Crippen LogP contribution is 2.29. The van der Waals surface area contributed by atoms with Gasteiger partial charge < -0.3 is 0 Å². The molecule has 1 fully saturated rings. The van der Waals surface area contributed by atoms with Crippen LogP contribution in [0.15, 0.2) is 0 Å². The molecule has 0 heterocycles. The normalized spacial score (nSPS) is 18.1. The Labute approximate surface area is 91.5 Å². The highest BCUT2D eigenvalue weighted by atomic mass is 35.5. The summed E-state index contributed by atoms with van der Waals surface area (Å²) in [5.41, 5.74) is 0. The average molecular weight is 240 g/mol. The first-order valence-corrected chi connectivity index (χ1v) is 7.17. The Kier molecular flexibility index (Phi) is 4.22. The Bertz CT molecular complexity index is 273. The van der Waals surface area contributed by atoms with Gasteiger partial charge in [0.05, 0.1) is 5.75 Å². The molecule has 0 aromatic rings. The molecule has 14 heavy (non-hydrogen) atoms. The van der Waals surface area contributed by atoms with Crippen molar-refractivity contribution in [3.05, 3.63) is 0 Å². The van der Waals surface area contributed by atoms with Gasteiger partial charge in [-0.25, -0.2) is 8.42 Å². The standard InChI is InChI=1S/C9H18ClNO2S/c1-8(2)7-14(12,13)11(6-5-10)9-3-4-9/h8-9H,3-7H2,1-2H3. The van der Waals surface area contributed by atoms with Gasteiger partial charge in [0, 0.05) is 18.5 Å². The highest BCUT2D eigenvalue weighted by Gasteiger charge is 2.36. The van der Waals surface area contributed by atoms with Crippen LogP contribution in [0.3, 0.4) is 0 Å². The van der Waals surface area contributed by atoms with Crippen molar-refractivity contribution in [3.8, 4) is 0 Å². The molecule has 0 bridgehead atoms. The third-order valence-corrected chi connectivity index (χ3v) is 4.61. The van der Waals surface area contributed by atoms with Gasteiger partial charge >= 0.3 is 0 Å². The van der Waals surface area contributed by atoms with E-state index in [1.807, 2.05) is 13.8 Å². The predicted molar refractivity (Wildman–Crippen MR) is 59.1 cm³/mol. The molecule has 0 unspecified atom stereocenters. The van der Waals surface area contributed by atoms with Crippen LogP contribution in [-0.2, 0) is 10.0 Å². The molecule has 0 aromatic carbocycles. The van der Waals surface area contributed by atoms with E-state index in [1.165, 1.54) is 0 Å². The fraction of sp³-hybridized carbons (Fsp3) is 1.00.